The van der Waals surface area contributed by atoms with Crippen LogP contribution >= 0.6 is 0 Å². The number of rotatable bonds is 10. The molecule has 16 heteroatoms. The van der Waals surface area contributed by atoms with E-state index in [1.807, 2.05) is 55.1 Å². The molecule has 302 valence electrons. The third-order valence-corrected chi connectivity index (χ3v) is 13.5. The molecule has 0 aliphatic carbocycles. The maximum Gasteiger partial charge on any atom is 0.407 e. The van der Waals surface area contributed by atoms with Gasteiger partial charge in [-0.15, -0.1) is 0 Å². The van der Waals surface area contributed by atoms with Gasteiger partial charge in [0.05, 0.1) is 57.7 Å². The van der Waals surface area contributed by atoms with Gasteiger partial charge in [-0.2, -0.15) is 0 Å². The summed E-state index contributed by atoms with van der Waals surface area (Å²) >= 11 is 0. The first-order valence-electron chi connectivity index (χ1n) is 19.2. The Hall–Kier alpha value is -5.66. The number of benzene rings is 2. The minimum Gasteiger partial charge on any atom is -0.453 e. The quantitative estimate of drug-likeness (QED) is 0.122. The van der Waals surface area contributed by atoms with Crippen molar-refractivity contribution < 1.29 is 33.4 Å². The lowest BCUT2D eigenvalue weighted by molar-refractivity contribution is -0.137. The van der Waals surface area contributed by atoms with Crippen molar-refractivity contribution in [2.45, 2.75) is 83.0 Å². The molecule has 57 heavy (non-hydrogen) atoms. The monoisotopic (exact) mass is 796 g/mol. The molecule has 5 atom stereocenters. The van der Waals surface area contributed by atoms with Crippen molar-refractivity contribution in [3.05, 3.63) is 71.6 Å². The molecular formula is C41H52N8O7Si. The lowest BCUT2D eigenvalue weighted by Gasteiger charge is -2.30. The Morgan fingerprint density at radius 2 is 1.51 bits per heavy atom. The second kappa shape index (κ2) is 17.2. The molecule has 4 aromatic rings. The number of nitrogens with one attached hydrogen (secondary N) is 4. The maximum atomic E-state index is 13.9. The molecule has 2 fully saturated rings. The van der Waals surface area contributed by atoms with Crippen molar-refractivity contribution in [1.29, 1.82) is 0 Å². The highest BCUT2D eigenvalue weighted by Crippen LogP contribution is 2.38. The number of carbonyl (C=O) groups excluding carboxylic acids is 4. The van der Waals surface area contributed by atoms with Crippen molar-refractivity contribution in [3.8, 4) is 23.0 Å². The van der Waals surface area contributed by atoms with E-state index in [0.29, 0.717) is 24.2 Å². The molecule has 0 radical (unpaired) electrons. The third-order valence-electron chi connectivity index (χ3n) is 10.8. The van der Waals surface area contributed by atoms with E-state index in [1.165, 1.54) is 21.3 Å². The van der Waals surface area contributed by atoms with Crippen molar-refractivity contribution in [2.75, 3.05) is 34.0 Å². The number of hydrogen-bond acceptors (Lipinski definition) is 9. The molecule has 0 bridgehead atoms. The molecule has 2 aromatic heterocycles. The summed E-state index contributed by atoms with van der Waals surface area (Å²) in [6.07, 6.45) is 1.96. The maximum absolute atomic E-state index is 13.9. The number of likely N-dealkylation sites (tertiary alicyclic amines) is 1. The second-order valence-corrected chi connectivity index (χ2v) is 20.9. The summed E-state index contributed by atoms with van der Waals surface area (Å²) in [6.45, 7) is 10.6. The minimum atomic E-state index is -1.76. The first-order valence-corrected chi connectivity index (χ1v) is 22.6. The summed E-state index contributed by atoms with van der Waals surface area (Å²) in [7, 11) is 2.27. The fraction of sp³-hybridized carbons (Fsp3) is 0.463. The summed E-state index contributed by atoms with van der Waals surface area (Å²) in [4.78, 5) is 71.4. The van der Waals surface area contributed by atoms with Gasteiger partial charge < -0.3 is 44.6 Å². The number of methoxy groups -OCH3 is 3. The molecule has 6 rings (SSSR count). The first-order chi connectivity index (χ1) is 27.2. The van der Waals surface area contributed by atoms with E-state index >= 15 is 0 Å². The average Bonchev–Trinajstić information content (AvgIpc) is 4.02. The van der Waals surface area contributed by atoms with Gasteiger partial charge in [-0.3, -0.25) is 9.59 Å². The molecular weight excluding hydrogens is 745 g/mol. The predicted molar refractivity (Wildman–Crippen MR) is 216 cm³/mol. The van der Waals surface area contributed by atoms with Crippen LogP contribution in [0.25, 0.3) is 22.2 Å². The molecule has 4 heterocycles. The van der Waals surface area contributed by atoms with Gasteiger partial charge in [0.15, 0.2) is 0 Å². The van der Waals surface area contributed by atoms with Gasteiger partial charge in [-0.05, 0) is 73.0 Å². The summed E-state index contributed by atoms with van der Waals surface area (Å²) < 4.78 is 14.9. The molecule has 4 N–H and O–H groups in total. The summed E-state index contributed by atoms with van der Waals surface area (Å²) in [6, 6.07) is 12.8. The summed E-state index contributed by atoms with van der Waals surface area (Å²) in [5, 5.41) is 5.34. The number of aromatic amines is 2. The Morgan fingerprint density at radius 1 is 0.842 bits per heavy atom. The number of aromatic nitrogens is 4. The van der Waals surface area contributed by atoms with Gasteiger partial charge >= 0.3 is 12.2 Å². The van der Waals surface area contributed by atoms with Gasteiger partial charge in [-0.1, -0.05) is 51.1 Å². The van der Waals surface area contributed by atoms with Crippen molar-refractivity contribution in [1.82, 2.24) is 40.4 Å². The molecule has 2 aliphatic heterocycles. The summed E-state index contributed by atoms with van der Waals surface area (Å²) in [5.41, 5.74) is 5.15. The highest BCUT2D eigenvalue weighted by Gasteiger charge is 2.46. The summed E-state index contributed by atoms with van der Waals surface area (Å²) in [5.74, 6) is 7.23. The largest absolute Gasteiger partial charge is 0.453 e. The number of alkyl carbamates (subject to hydrolysis) is 2. The number of amides is 4. The standard InChI is InChI=1S/C41H52N8O7Si/c1-24(2)34(46-40(52)55-5)38(50)49-23-57(7,8)22-33(49)37-44-30-18-16-28(20-31(30)45-37)27-14-11-26(12-15-27)13-17-29-21-42-36(43-29)32-10-9-19-48(32)39(51)35(25(3)54-4)47-41(53)56-6/h11-12,14-16,18,20-21,24-25,32-35H,9-10,19,22-23H2,1-8H3,(H,42,43)(H,44,45)(H,46,52)(H,47,53)/t25?,32-,33-,34-,35-/m0/s1. The van der Waals surface area contributed by atoms with Gasteiger partial charge in [0.1, 0.15) is 29.4 Å². The molecule has 2 saturated heterocycles. The highest BCUT2D eigenvalue weighted by atomic mass is 28.3. The number of carbonyl (C=O) groups is 4. The predicted octanol–water partition coefficient (Wildman–Crippen LogP) is 5.29. The van der Waals surface area contributed by atoms with Gasteiger partial charge in [0, 0.05) is 25.4 Å². The van der Waals surface area contributed by atoms with Crippen LogP contribution in [0, 0.1) is 17.8 Å². The SMILES string of the molecule is COC(=O)N[C@H](C(=O)N1C[Si](C)(C)C[C@H]1c1nc2ccc(-c3ccc(C#Cc4cnc([C@@H]5CCCN5C(=O)[C@@H](NC(=O)OC)C(C)OC)[nH]4)cc3)cc2[nH]1)C(C)C. The van der Waals surface area contributed by atoms with Gasteiger partial charge in [0.2, 0.25) is 11.8 Å². The average molecular weight is 797 g/mol. The molecule has 1 unspecified atom stereocenters. The normalized spacial score (nSPS) is 19.1. The molecule has 0 spiro atoms. The first kappa shape index (κ1) is 41.0. The Balaban J connectivity index is 1.15. The van der Waals surface area contributed by atoms with E-state index < -0.39 is 38.4 Å². The highest BCUT2D eigenvalue weighted by molar-refractivity contribution is 6.78. The lowest BCUT2D eigenvalue weighted by Crippen LogP contribution is -2.54. The zero-order valence-corrected chi connectivity index (χ0v) is 34.8. The van der Waals surface area contributed by atoms with Crippen LogP contribution in [0.2, 0.25) is 19.1 Å². The van der Waals surface area contributed by atoms with Crippen molar-refractivity contribution in [2.24, 2.45) is 5.92 Å². The van der Waals surface area contributed by atoms with Crippen LogP contribution in [0.5, 0.6) is 0 Å². The third kappa shape index (κ3) is 9.16. The van der Waals surface area contributed by atoms with Crippen molar-refractivity contribution in [3.63, 3.8) is 0 Å². The zero-order valence-electron chi connectivity index (χ0n) is 33.8. The van der Waals surface area contributed by atoms with Gasteiger partial charge in [0.25, 0.3) is 0 Å². The molecule has 4 amide bonds. The van der Waals surface area contributed by atoms with Crippen LogP contribution in [0.1, 0.15) is 68.6 Å². The second-order valence-electron chi connectivity index (χ2n) is 15.8. The molecule has 15 nitrogen and oxygen atoms in total. The van der Waals surface area contributed by atoms with E-state index in [0.717, 1.165) is 52.4 Å². The van der Waals surface area contributed by atoms with E-state index in [2.05, 4.69) is 56.6 Å². The van der Waals surface area contributed by atoms with Crippen LogP contribution in [0.4, 0.5) is 9.59 Å². The number of nitrogens with zero attached hydrogens (tertiary/aromatic N) is 4. The van der Waals surface area contributed by atoms with Gasteiger partial charge in [-0.25, -0.2) is 19.6 Å². The number of imidazole rings is 2. The van der Waals surface area contributed by atoms with Crippen molar-refractivity contribution >= 4 is 43.1 Å². The van der Waals surface area contributed by atoms with E-state index in [1.54, 1.807) is 18.0 Å². The molecule has 0 saturated carbocycles. The smallest absolute Gasteiger partial charge is 0.407 e. The Bertz CT molecular complexity index is 2170. The fourth-order valence-corrected chi connectivity index (χ4v) is 10.5. The van der Waals surface area contributed by atoms with E-state index in [4.69, 9.17) is 19.2 Å². The van der Waals surface area contributed by atoms with Crippen LogP contribution in [0.15, 0.2) is 48.7 Å². The fourth-order valence-electron chi connectivity index (χ4n) is 7.64. The lowest BCUT2D eigenvalue weighted by atomic mass is 10.0. The topological polar surface area (TPSA) is 184 Å². The van der Waals surface area contributed by atoms with E-state index in [-0.39, 0.29) is 29.8 Å². The Labute approximate surface area is 333 Å². The van der Waals surface area contributed by atoms with E-state index in [9.17, 15) is 19.2 Å². The van der Waals surface area contributed by atoms with Crippen LogP contribution in [0.3, 0.4) is 0 Å². The molecule has 2 aliphatic rings. The number of fused-ring (bicyclic) bond motifs is 1. The van der Waals surface area contributed by atoms with Crippen LogP contribution in [-0.2, 0) is 23.8 Å². The number of ether oxygens (including phenoxy) is 3. The van der Waals surface area contributed by atoms with Crippen LogP contribution in [-0.4, -0.2) is 114 Å². The van der Waals surface area contributed by atoms with Crippen LogP contribution < -0.4 is 10.6 Å². The Kier molecular flexibility index (Phi) is 12.4. The minimum absolute atomic E-state index is 0.118. The Morgan fingerprint density at radius 3 is 2.18 bits per heavy atom. The number of hydrogen-bond donors (Lipinski definition) is 4. The number of H-pyrrole nitrogens is 2. The zero-order chi connectivity index (χ0) is 41.0. The molecule has 2 aromatic carbocycles.